The highest BCUT2D eigenvalue weighted by Crippen LogP contribution is 2.25. The van der Waals surface area contributed by atoms with Crippen molar-refractivity contribution in [3.05, 3.63) is 58.6 Å². The quantitative estimate of drug-likeness (QED) is 0.627. The molecule has 32 heavy (non-hydrogen) atoms. The second-order valence-corrected chi connectivity index (χ2v) is 10.4. The van der Waals surface area contributed by atoms with Crippen LogP contribution in [0, 0.1) is 6.92 Å². The molecule has 2 amide bonds. The highest BCUT2D eigenvalue weighted by molar-refractivity contribution is 7.92. The van der Waals surface area contributed by atoms with Crippen molar-refractivity contribution >= 4 is 44.8 Å². The molecular formula is C23H28ClN3O4S. The standard InChI is InChI=1S/C23H28ClN3O4S/c1-16-12-13-18(14-20(16)24)27(32(2,30)31)15-22(28)26-21-11-7-6-10-19(21)23(29)25-17-8-4-3-5-9-17/h6-7,10-14,17H,3-5,8-9,15H2,1-2H3,(H,25,29)(H,26,28). The van der Waals surface area contributed by atoms with Crippen molar-refractivity contribution in [2.24, 2.45) is 0 Å². The Kier molecular flexibility index (Phi) is 7.79. The molecule has 0 unspecified atom stereocenters. The number of nitrogens with zero attached hydrogens (tertiary/aromatic N) is 1. The predicted octanol–water partition coefficient (Wildman–Crippen LogP) is 4.12. The normalized spacial score (nSPS) is 14.6. The maximum absolute atomic E-state index is 12.8. The van der Waals surface area contributed by atoms with E-state index in [1.165, 1.54) is 12.5 Å². The van der Waals surface area contributed by atoms with Gasteiger partial charge in [-0.2, -0.15) is 0 Å². The van der Waals surface area contributed by atoms with Crippen LogP contribution in [0.5, 0.6) is 0 Å². The number of benzene rings is 2. The summed E-state index contributed by atoms with van der Waals surface area (Å²) in [6.07, 6.45) is 6.29. The minimum atomic E-state index is -3.75. The summed E-state index contributed by atoms with van der Waals surface area (Å²) in [5, 5.41) is 6.13. The third-order valence-electron chi connectivity index (χ3n) is 5.52. The van der Waals surface area contributed by atoms with E-state index in [-0.39, 0.29) is 11.9 Å². The van der Waals surface area contributed by atoms with Crippen molar-refractivity contribution in [1.29, 1.82) is 0 Å². The van der Waals surface area contributed by atoms with Crippen molar-refractivity contribution in [1.82, 2.24) is 5.32 Å². The molecule has 0 heterocycles. The van der Waals surface area contributed by atoms with Gasteiger partial charge in [0.05, 0.1) is 23.2 Å². The van der Waals surface area contributed by atoms with Crippen molar-refractivity contribution < 1.29 is 18.0 Å². The van der Waals surface area contributed by atoms with E-state index in [9.17, 15) is 18.0 Å². The van der Waals surface area contributed by atoms with Crippen molar-refractivity contribution in [3.8, 4) is 0 Å². The number of carbonyl (C=O) groups is 2. The molecule has 3 rings (SSSR count). The number of carbonyl (C=O) groups excluding carboxylic acids is 2. The highest BCUT2D eigenvalue weighted by Gasteiger charge is 2.23. The Bertz CT molecular complexity index is 1100. The fourth-order valence-electron chi connectivity index (χ4n) is 3.76. The fourth-order valence-corrected chi connectivity index (χ4v) is 4.78. The van der Waals surface area contributed by atoms with Crippen LogP contribution in [-0.4, -0.2) is 39.1 Å². The van der Waals surface area contributed by atoms with Crippen LogP contribution in [0.4, 0.5) is 11.4 Å². The second kappa shape index (κ2) is 10.4. The van der Waals surface area contributed by atoms with Gasteiger partial charge in [-0.3, -0.25) is 13.9 Å². The first-order chi connectivity index (χ1) is 15.1. The Morgan fingerprint density at radius 1 is 1.09 bits per heavy atom. The Morgan fingerprint density at radius 3 is 2.44 bits per heavy atom. The van der Waals surface area contributed by atoms with E-state index < -0.39 is 22.5 Å². The maximum atomic E-state index is 12.8. The molecule has 0 atom stereocenters. The summed E-state index contributed by atoms with van der Waals surface area (Å²) in [6, 6.07) is 11.6. The van der Waals surface area contributed by atoms with Crippen LogP contribution in [0.2, 0.25) is 5.02 Å². The number of anilines is 2. The zero-order valence-corrected chi connectivity index (χ0v) is 19.8. The molecule has 2 aromatic rings. The lowest BCUT2D eigenvalue weighted by molar-refractivity contribution is -0.114. The lowest BCUT2D eigenvalue weighted by Gasteiger charge is -2.24. The van der Waals surface area contributed by atoms with E-state index in [4.69, 9.17) is 11.6 Å². The number of rotatable bonds is 7. The smallest absolute Gasteiger partial charge is 0.253 e. The van der Waals surface area contributed by atoms with Crippen LogP contribution in [-0.2, 0) is 14.8 Å². The molecule has 2 N–H and O–H groups in total. The Balaban J connectivity index is 1.75. The molecule has 9 heteroatoms. The average molecular weight is 478 g/mol. The first-order valence-electron chi connectivity index (χ1n) is 10.6. The first kappa shape index (κ1) is 24.1. The van der Waals surface area contributed by atoms with Gasteiger partial charge in [0.1, 0.15) is 6.54 Å². The zero-order chi connectivity index (χ0) is 23.3. The van der Waals surface area contributed by atoms with Gasteiger partial charge in [-0.1, -0.05) is 49.1 Å². The molecule has 0 aromatic heterocycles. The predicted molar refractivity (Wildman–Crippen MR) is 128 cm³/mol. The van der Waals surface area contributed by atoms with Gasteiger partial charge in [0.2, 0.25) is 15.9 Å². The molecule has 1 fully saturated rings. The van der Waals surface area contributed by atoms with Crippen LogP contribution in [0.15, 0.2) is 42.5 Å². The number of hydrogen-bond donors (Lipinski definition) is 2. The van der Waals surface area contributed by atoms with Gasteiger partial charge in [-0.05, 0) is 49.6 Å². The van der Waals surface area contributed by atoms with Gasteiger partial charge in [0.25, 0.3) is 5.91 Å². The van der Waals surface area contributed by atoms with Crippen LogP contribution >= 0.6 is 11.6 Å². The second-order valence-electron chi connectivity index (χ2n) is 8.11. The minimum absolute atomic E-state index is 0.131. The number of sulfonamides is 1. The summed E-state index contributed by atoms with van der Waals surface area (Å²) in [7, 11) is -3.75. The molecule has 1 aliphatic carbocycles. The van der Waals surface area contributed by atoms with Crippen molar-refractivity contribution in [3.63, 3.8) is 0 Å². The third-order valence-corrected chi connectivity index (χ3v) is 7.06. The summed E-state index contributed by atoms with van der Waals surface area (Å²) in [5.74, 6) is -0.817. The van der Waals surface area contributed by atoms with E-state index in [1.54, 1.807) is 43.3 Å². The Morgan fingerprint density at radius 2 is 1.78 bits per heavy atom. The largest absolute Gasteiger partial charge is 0.349 e. The van der Waals surface area contributed by atoms with E-state index >= 15 is 0 Å². The third kappa shape index (κ3) is 6.23. The van der Waals surface area contributed by atoms with Crippen LogP contribution in [0.1, 0.15) is 48.0 Å². The summed E-state index contributed by atoms with van der Waals surface area (Å²) in [6.45, 7) is 1.36. The van der Waals surface area contributed by atoms with Crippen LogP contribution in [0.3, 0.4) is 0 Å². The monoisotopic (exact) mass is 477 g/mol. The van der Waals surface area contributed by atoms with E-state index in [1.807, 2.05) is 0 Å². The number of amides is 2. The number of para-hydroxylation sites is 1. The number of hydrogen-bond acceptors (Lipinski definition) is 4. The molecule has 0 spiro atoms. The number of nitrogens with one attached hydrogen (secondary N) is 2. The fraction of sp³-hybridized carbons (Fsp3) is 0.391. The highest BCUT2D eigenvalue weighted by atomic mass is 35.5. The number of halogens is 1. The topological polar surface area (TPSA) is 95.6 Å². The molecule has 0 aliphatic heterocycles. The van der Waals surface area contributed by atoms with Crippen molar-refractivity contribution in [2.75, 3.05) is 22.4 Å². The SMILES string of the molecule is Cc1ccc(N(CC(=O)Nc2ccccc2C(=O)NC2CCCCC2)S(C)(=O)=O)cc1Cl. The Labute approximate surface area is 194 Å². The summed E-state index contributed by atoms with van der Waals surface area (Å²) in [4.78, 5) is 25.6. The molecule has 0 saturated heterocycles. The molecule has 2 aromatic carbocycles. The van der Waals surface area contributed by atoms with Gasteiger partial charge >= 0.3 is 0 Å². The van der Waals surface area contributed by atoms with E-state index in [0.29, 0.717) is 22.0 Å². The van der Waals surface area contributed by atoms with Gasteiger partial charge in [0.15, 0.2) is 0 Å². The van der Waals surface area contributed by atoms with E-state index in [2.05, 4.69) is 10.6 Å². The average Bonchev–Trinajstić information content (AvgIpc) is 2.74. The molecule has 1 saturated carbocycles. The van der Waals surface area contributed by atoms with Gasteiger partial charge in [-0.25, -0.2) is 8.42 Å². The maximum Gasteiger partial charge on any atom is 0.253 e. The summed E-state index contributed by atoms with van der Waals surface area (Å²) < 4.78 is 25.7. The van der Waals surface area contributed by atoms with Gasteiger partial charge in [-0.15, -0.1) is 0 Å². The van der Waals surface area contributed by atoms with Crippen LogP contribution in [0.25, 0.3) is 0 Å². The zero-order valence-electron chi connectivity index (χ0n) is 18.2. The van der Waals surface area contributed by atoms with E-state index in [0.717, 1.165) is 41.8 Å². The molecule has 0 bridgehead atoms. The first-order valence-corrected chi connectivity index (χ1v) is 12.8. The minimum Gasteiger partial charge on any atom is -0.349 e. The molecule has 7 nitrogen and oxygen atoms in total. The van der Waals surface area contributed by atoms with Gasteiger partial charge < -0.3 is 10.6 Å². The number of aryl methyl sites for hydroxylation is 1. The summed E-state index contributed by atoms with van der Waals surface area (Å²) >= 11 is 6.14. The van der Waals surface area contributed by atoms with Gasteiger partial charge in [0, 0.05) is 11.1 Å². The van der Waals surface area contributed by atoms with Crippen molar-refractivity contribution in [2.45, 2.75) is 45.1 Å². The lowest BCUT2D eigenvalue weighted by atomic mass is 9.95. The molecule has 0 radical (unpaired) electrons. The summed E-state index contributed by atoms with van der Waals surface area (Å²) in [5.41, 5.74) is 1.77. The molecule has 1 aliphatic rings. The lowest BCUT2D eigenvalue weighted by Crippen LogP contribution is -2.38. The Hall–Kier alpha value is -2.58. The molecular weight excluding hydrogens is 450 g/mol. The van der Waals surface area contributed by atoms with Crippen LogP contribution < -0.4 is 14.9 Å². The molecule has 172 valence electrons.